The van der Waals surface area contributed by atoms with Crippen LogP contribution in [0.1, 0.15) is 17.3 Å². The highest BCUT2D eigenvalue weighted by Crippen LogP contribution is 2.33. The molecule has 1 aliphatic heterocycles. The van der Waals surface area contributed by atoms with Crippen LogP contribution in [-0.2, 0) is 0 Å². The molecule has 2 aromatic carbocycles. The second-order valence-corrected chi connectivity index (χ2v) is 4.20. The lowest BCUT2D eigenvalue weighted by Gasteiger charge is -2.06. The van der Waals surface area contributed by atoms with Crippen molar-refractivity contribution in [3.63, 3.8) is 0 Å². The van der Waals surface area contributed by atoms with Crippen molar-refractivity contribution in [1.29, 1.82) is 0 Å². The van der Waals surface area contributed by atoms with E-state index < -0.39 is 6.10 Å². The Morgan fingerprint density at radius 1 is 1.06 bits per heavy atom. The van der Waals surface area contributed by atoms with E-state index in [1.165, 1.54) is 0 Å². The van der Waals surface area contributed by atoms with Crippen molar-refractivity contribution in [3.8, 4) is 17.2 Å². The summed E-state index contributed by atoms with van der Waals surface area (Å²) in [6.45, 7) is 1.75. The zero-order valence-electron chi connectivity index (χ0n) is 9.92. The van der Waals surface area contributed by atoms with E-state index in [-0.39, 0.29) is 5.78 Å². The molecule has 3 nitrogen and oxygen atoms in total. The number of carbonyl (C=O) groups excluding carboxylic acids is 1. The van der Waals surface area contributed by atoms with Gasteiger partial charge in [0.25, 0.3) is 0 Å². The van der Waals surface area contributed by atoms with Crippen molar-refractivity contribution in [1.82, 2.24) is 0 Å². The molecule has 90 valence electrons. The smallest absolute Gasteiger partial charge is 0.206 e. The summed E-state index contributed by atoms with van der Waals surface area (Å²) in [6, 6.07) is 14.8. The summed E-state index contributed by atoms with van der Waals surface area (Å²) in [5, 5.41) is 0. The zero-order valence-corrected chi connectivity index (χ0v) is 9.92. The average Bonchev–Trinajstić information content (AvgIpc) is 2.67. The minimum Gasteiger partial charge on any atom is -0.482 e. The number of hydrogen-bond acceptors (Lipinski definition) is 3. The normalized spacial score (nSPS) is 17.2. The second kappa shape index (κ2) is 4.18. The first-order valence-electron chi connectivity index (χ1n) is 5.82. The molecule has 3 rings (SSSR count). The van der Waals surface area contributed by atoms with E-state index in [0.717, 1.165) is 5.75 Å². The first kappa shape index (κ1) is 10.8. The van der Waals surface area contributed by atoms with E-state index in [9.17, 15) is 4.79 Å². The largest absolute Gasteiger partial charge is 0.482 e. The zero-order chi connectivity index (χ0) is 12.5. The van der Waals surface area contributed by atoms with Crippen molar-refractivity contribution in [2.75, 3.05) is 0 Å². The molecule has 0 aromatic heterocycles. The van der Waals surface area contributed by atoms with Gasteiger partial charge in [-0.3, -0.25) is 4.79 Å². The maximum atomic E-state index is 11.8. The number of fused-ring (bicyclic) bond motifs is 1. The SMILES string of the molecule is CC1Oc2ccc(Oc3ccccc3)cc2C1=O. The van der Waals surface area contributed by atoms with Gasteiger partial charge in [0.1, 0.15) is 17.2 Å². The molecule has 1 unspecified atom stereocenters. The predicted octanol–water partition coefficient (Wildman–Crippen LogP) is 3.44. The molecule has 0 fully saturated rings. The van der Waals surface area contributed by atoms with Crippen LogP contribution < -0.4 is 9.47 Å². The summed E-state index contributed by atoms with van der Waals surface area (Å²) < 4.78 is 11.1. The third-order valence-electron chi connectivity index (χ3n) is 2.87. The second-order valence-electron chi connectivity index (χ2n) is 4.20. The van der Waals surface area contributed by atoms with E-state index in [1.54, 1.807) is 25.1 Å². The molecular weight excluding hydrogens is 228 g/mol. The maximum absolute atomic E-state index is 11.8. The van der Waals surface area contributed by atoms with Gasteiger partial charge in [0.05, 0.1) is 5.56 Å². The monoisotopic (exact) mass is 240 g/mol. The first-order valence-corrected chi connectivity index (χ1v) is 5.82. The molecule has 0 saturated carbocycles. The highest BCUT2D eigenvalue weighted by molar-refractivity contribution is 6.04. The number of para-hydroxylation sites is 1. The fourth-order valence-electron chi connectivity index (χ4n) is 1.96. The molecule has 0 radical (unpaired) electrons. The van der Waals surface area contributed by atoms with E-state index in [1.807, 2.05) is 30.3 Å². The van der Waals surface area contributed by atoms with Crippen LogP contribution >= 0.6 is 0 Å². The standard InChI is InChI=1S/C15H12O3/c1-10-15(16)13-9-12(7-8-14(13)17-10)18-11-5-3-2-4-6-11/h2-10H,1H3. The molecule has 0 amide bonds. The minimum atomic E-state index is -0.396. The van der Waals surface area contributed by atoms with Crippen LogP contribution in [0.4, 0.5) is 0 Å². The van der Waals surface area contributed by atoms with Crippen molar-refractivity contribution in [2.24, 2.45) is 0 Å². The van der Waals surface area contributed by atoms with Crippen molar-refractivity contribution in [3.05, 3.63) is 54.1 Å². The van der Waals surface area contributed by atoms with Gasteiger partial charge >= 0.3 is 0 Å². The summed E-state index contributed by atoms with van der Waals surface area (Å²) in [4.78, 5) is 11.8. The Balaban J connectivity index is 1.90. The summed E-state index contributed by atoms with van der Waals surface area (Å²) in [5.41, 5.74) is 0.593. The topological polar surface area (TPSA) is 35.5 Å². The van der Waals surface area contributed by atoms with Crippen LogP contribution in [-0.4, -0.2) is 11.9 Å². The molecule has 0 spiro atoms. The van der Waals surface area contributed by atoms with E-state index in [4.69, 9.17) is 9.47 Å². The van der Waals surface area contributed by atoms with Crippen LogP contribution in [0.25, 0.3) is 0 Å². The maximum Gasteiger partial charge on any atom is 0.206 e. The van der Waals surface area contributed by atoms with Crippen LogP contribution in [0, 0.1) is 0 Å². The van der Waals surface area contributed by atoms with E-state index >= 15 is 0 Å². The van der Waals surface area contributed by atoms with Crippen molar-refractivity contribution in [2.45, 2.75) is 13.0 Å². The number of ether oxygens (including phenoxy) is 2. The Labute approximate surface area is 105 Å². The average molecular weight is 240 g/mol. The Kier molecular flexibility index (Phi) is 2.52. The third-order valence-corrected chi connectivity index (χ3v) is 2.87. The number of carbonyl (C=O) groups is 1. The van der Waals surface area contributed by atoms with E-state index in [0.29, 0.717) is 17.1 Å². The third kappa shape index (κ3) is 1.84. The number of rotatable bonds is 2. The van der Waals surface area contributed by atoms with E-state index in [2.05, 4.69) is 0 Å². The van der Waals surface area contributed by atoms with Gasteiger partial charge in [-0.1, -0.05) is 18.2 Å². The molecule has 1 atom stereocenters. The molecule has 1 aliphatic rings. The molecule has 0 bridgehead atoms. The quantitative estimate of drug-likeness (QED) is 0.806. The van der Waals surface area contributed by atoms with Gasteiger partial charge in [-0.25, -0.2) is 0 Å². The van der Waals surface area contributed by atoms with Crippen molar-refractivity contribution >= 4 is 5.78 Å². The van der Waals surface area contributed by atoms with Crippen LogP contribution in [0.15, 0.2) is 48.5 Å². The first-order chi connectivity index (χ1) is 8.74. The summed E-state index contributed by atoms with van der Waals surface area (Å²) in [7, 11) is 0. The Morgan fingerprint density at radius 2 is 1.83 bits per heavy atom. The van der Waals surface area contributed by atoms with Crippen LogP contribution in [0.5, 0.6) is 17.2 Å². The number of ketones is 1. The number of Topliss-reactive ketones (excluding diaryl/α,β-unsaturated/α-hetero) is 1. The molecule has 0 saturated heterocycles. The van der Waals surface area contributed by atoms with Crippen molar-refractivity contribution < 1.29 is 14.3 Å². The fourth-order valence-corrected chi connectivity index (χ4v) is 1.96. The van der Waals surface area contributed by atoms with Crippen LogP contribution in [0.2, 0.25) is 0 Å². The highest BCUT2D eigenvalue weighted by Gasteiger charge is 2.28. The lowest BCUT2D eigenvalue weighted by molar-refractivity contribution is 0.0878. The molecule has 2 aromatic rings. The minimum absolute atomic E-state index is 0.00325. The van der Waals surface area contributed by atoms with Gasteiger partial charge in [0.2, 0.25) is 5.78 Å². The van der Waals surface area contributed by atoms with Gasteiger partial charge in [-0.05, 0) is 37.3 Å². The summed E-state index contributed by atoms with van der Waals surface area (Å²) in [5.74, 6) is 2.03. The van der Waals surface area contributed by atoms with Gasteiger partial charge in [-0.2, -0.15) is 0 Å². The van der Waals surface area contributed by atoms with Gasteiger partial charge < -0.3 is 9.47 Å². The summed E-state index contributed by atoms with van der Waals surface area (Å²) in [6.07, 6.45) is -0.396. The van der Waals surface area contributed by atoms with Gasteiger partial charge in [-0.15, -0.1) is 0 Å². The Hall–Kier alpha value is -2.29. The Morgan fingerprint density at radius 3 is 2.61 bits per heavy atom. The number of hydrogen-bond donors (Lipinski definition) is 0. The van der Waals surface area contributed by atoms with Gasteiger partial charge in [0.15, 0.2) is 6.10 Å². The molecule has 0 N–H and O–H groups in total. The lowest BCUT2D eigenvalue weighted by atomic mass is 10.1. The molecule has 3 heteroatoms. The fraction of sp³-hybridized carbons (Fsp3) is 0.133. The molecule has 18 heavy (non-hydrogen) atoms. The molecular formula is C15H12O3. The molecule has 1 heterocycles. The number of benzene rings is 2. The van der Waals surface area contributed by atoms with Gasteiger partial charge in [0, 0.05) is 0 Å². The predicted molar refractivity (Wildman–Crippen MR) is 67.4 cm³/mol. The highest BCUT2D eigenvalue weighted by atomic mass is 16.5. The molecule has 0 aliphatic carbocycles. The summed E-state index contributed by atoms with van der Waals surface area (Å²) >= 11 is 0. The Bertz CT molecular complexity index is 590. The lowest BCUT2D eigenvalue weighted by Crippen LogP contribution is -2.14. The van der Waals surface area contributed by atoms with Crippen LogP contribution in [0.3, 0.4) is 0 Å².